The van der Waals surface area contributed by atoms with Gasteiger partial charge >= 0.3 is 0 Å². The van der Waals surface area contributed by atoms with Gasteiger partial charge in [-0.2, -0.15) is 0 Å². The highest BCUT2D eigenvalue weighted by Crippen LogP contribution is 2.21. The number of nitrogens with one attached hydrogen (secondary N) is 1. The third-order valence-corrected chi connectivity index (χ3v) is 4.05. The molecule has 3 nitrogen and oxygen atoms in total. The Labute approximate surface area is 113 Å². The Morgan fingerprint density at radius 1 is 1.22 bits per heavy atom. The van der Waals surface area contributed by atoms with Crippen molar-refractivity contribution in [3.63, 3.8) is 0 Å². The molecule has 1 fully saturated rings. The van der Waals surface area contributed by atoms with Crippen molar-refractivity contribution in [3.05, 3.63) is 0 Å². The van der Waals surface area contributed by atoms with Gasteiger partial charge < -0.3 is 10.1 Å². The zero-order valence-electron chi connectivity index (χ0n) is 12.7. The molecule has 0 saturated carbocycles. The molecule has 3 unspecified atom stereocenters. The van der Waals surface area contributed by atoms with Gasteiger partial charge in [0.05, 0.1) is 12.2 Å². The Balaban J connectivity index is 2.24. The second-order valence-electron chi connectivity index (χ2n) is 5.51. The molecule has 0 aromatic heterocycles. The first-order chi connectivity index (χ1) is 8.71. The van der Waals surface area contributed by atoms with E-state index < -0.39 is 0 Å². The minimum Gasteiger partial charge on any atom is -0.372 e. The van der Waals surface area contributed by atoms with Crippen molar-refractivity contribution < 1.29 is 4.74 Å². The molecule has 1 aliphatic rings. The quantitative estimate of drug-likeness (QED) is 0.642. The third kappa shape index (κ3) is 5.25. The Hall–Kier alpha value is -0.120. The molecule has 1 heterocycles. The minimum atomic E-state index is 0.442. The van der Waals surface area contributed by atoms with Crippen molar-refractivity contribution in [1.82, 2.24) is 10.2 Å². The van der Waals surface area contributed by atoms with Crippen molar-refractivity contribution >= 4 is 0 Å². The Morgan fingerprint density at radius 3 is 2.56 bits per heavy atom. The normalized spacial score (nSPS) is 25.8. The van der Waals surface area contributed by atoms with E-state index in [9.17, 15) is 0 Å². The van der Waals surface area contributed by atoms with Crippen LogP contribution in [-0.4, -0.2) is 49.3 Å². The lowest BCUT2D eigenvalue weighted by molar-refractivity contribution is 0.0168. The number of hydrogen-bond acceptors (Lipinski definition) is 3. The molecular formula is C15H32N2O. The molecule has 1 rings (SSSR count). The molecule has 0 amide bonds. The van der Waals surface area contributed by atoms with Crippen LogP contribution in [0.5, 0.6) is 0 Å². The summed E-state index contributed by atoms with van der Waals surface area (Å²) < 4.78 is 6.13. The molecule has 1 aliphatic heterocycles. The van der Waals surface area contributed by atoms with Gasteiger partial charge in [-0.25, -0.2) is 0 Å². The van der Waals surface area contributed by atoms with Crippen LogP contribution >= 0.6 is 0 Å². The van der Waals surface area contributed by atoms with Gasteiger partial charge in [-0.3, -0.25) is 4.90 Å². The van der Waals surface area contributed by atoms with Crippen LogP contribution in [0.25, 0.3) is 0 Å². The topological polar surface area (TPSA) is 24.5 Å². The summed E-state index contributed by atoms with van der Waals surface area (Å²) in [5, 5.41) is 3.46. The van der Waals surface area contributed by atoms with Crippen LogP contribution in [0.15, 0.2) is 0 Å². The van der Waals surface area contributed by atoms with Gasteiger partial charge in [0.25, 0.3) is 0 Å². The third-order valence-electron chi connectivity index (χ3n) is 4.05. The fourth-order valence-electron chi connectivity index (χ4n) is 2.64. The predicted molar refractivity (Wildman–Crippen MR) is 78.1 cm³/mol. The van der Waals surface area contributed by atoms with E-state index in [1.807, 2.05) is 0 Å². The number of hydrogen-bond donors (Lipinski definition) is 1. The first-order valence-corrected chi connectivity index (χ1v) is 7.81. The number of rotatable bonds is 9. The first-order valence-electron chi connectivity index (χ1n) is 7.81. The fraction of sp³-hybridized carbons (Fsp3) is 1.00. The Morgan fingerprint density at radius 2 is 1.94 bits per heavy atom. The van der Waals surface area contributed by atoms with Gasteiger partial charge in [0.1, 0.15) is 0 Å². The first kappa shape index (κ1) is 15.9. The highest BCUT2D eigenvalue weighted by atomic mass is 16.5. The lowest BCUT2D eigenvalue weighted by atomic mass is 10.1. The van der Waals surface area contributed by atoms with Crippen LogP contribution in [0, 0.1) is 0 Å². The van der Waals surface area contributed by atoms with Gasteiger partial charge in [0, 0.05) is 19.1 Å². The molecule has 18 heavy (non-hydrogen) atoms. The summed E-state index contributed by atoms with van der Waals surface area (Å²) in [4.78, 5) is 2.55. The molecule has 0 radical (unpaired) electrons. The fourth-order valence-corrected chi connectivity index (χ4v) is 2.64. The summed E-state index contributed by atoms with van der Waals surface area (Å²) in [5.74, 6) is 0. The molecule has 1 N–H and O–H groups in total. The Bertz CT molecular complexity index is 211. The van der Waals surface area contributed by atoms with Crippen LogP contribution in [0.2, 0.25) is 0 Å². The van der Waals surface area contributed by atoms with Crippen LogP contribution in [0.3, 0.4) is 0 Å². The second-order valence-corrected chi connectivity index (χ2v) is 5.51. The van der Waals surface area contributed by atoms with Crippen molar-refractivity contribution in [1.29, 1.82) is 0 Å². The summed E-state index contributed by atoms with van der Waals surface area (Å²) in [6.45, 7) is 13.4. The molecule has 0 bridgehead atoms. The highest BCUT2D eigenvalue weighted by Gasteiger charge is 2.27. The van der Waals surface area contributed by atoms with Gasteiger partial charge in [-0.15, -0.1) is 0 Å². The lowest BCUT2D eigenvalue weighted by Crippen LogP contribution is -2.39. The maximum absolute atomic E-state index is 6.13. The molecule has 3 atom stereocenters. The monoisotopic (exact) mass is 256 g/mol. The smallest absolute Gasteiger partial charge is 0.0707 e. The van der Waals surface area contributed by atoms with Crippen molar-refractivity contribution in [3.8, 4) is 0 Å². The number of ether oxygens (including phenoxy) is 1. The molecule has 0 spiro atoms. The van der Waals surface area contributed by atoms with E-state index in [1.54, 1.807) is 0 Å². The minimum absolute atomic E-state index is 0.442. The van der Waals surface area contributed by atoms with Crippen LogP contribution in [0.1, 0.15) is 53.4 Å². The summed E-state index contributed by atoms with van der Waals surface area (Å²) in [6, 6.07) is 0.677. The average Bonchev–Trinajstić information content (AvgIpc) is 2.83. The van der Waals surface area contributed by atoms with E-state index >= 15 is 0 Å². The largest absolute Gasteiger partial charge is 0.372 e. The SMILES string of the molecule is CCCNCC1CCC(CN(CC)C(C)CC)O1. The van der Waals surface area contributed by atoms with E-state index in [4.69, 9.17) is 4.74 Å². The van der Waals surface area contributed by atoms with Crippen molar-refractivity contribution in [2.24, 2.45) is 0 Å². The molecule has 1 saturated heterocycles. The summed E-state index contributed by atoms with van der Waals surface area (Å²) in [6.07, 6.45) is 5.77. The van der Waals surface area contributed by atoms with E-state index in [0.29, 0.717) is 18.2 Å². The zero-order valence-corrected chi connectivity index (χ0v) is 12.7. The predicted octanol–water partition coefficient (Wildman–Crippen LogP) is 2.65. The van der Waals surface area contributed by atoms with E-state index in [0.717, 1.165) is 26.2 Å². The standard InChI is InChI=1S/C15H32N2O/c1-5-10-16-11-14-8-9-15(18-14)12-17(7-3)13(4)6-2/h13-16H,5-12H2,1-4H3. The zero-order chi connectivity index (χ0) is 13.4. The lowest BCUT2D eigenvalue weighted by Gasteiger charge is -2.29. The highest BCUT2D eigenvalue weighted by molar-refractivity contribution is 4.79. The van der Waals surface area contributed by atoms with Crippen LogP contribution < -0.4 is 5.32 Å². The van der Waals surface area contributed by atoms with E-state index in [2.05, 4.69) is 37.9 Å². The summed E-state index contributed by atoms with van der Waals surface area (Å²) in [7, 11) is 0. The molecule has 0 aliphatic carbocycles. The number of likely N-dealkylation sites (N-methyl/N-ethyl adjacent to an activating group) is 1. The van der Waals surface area contributed by atoms with Gasteiger partial charge in [0.15, 0.2) is 0 Å². The summed E-state index contributed by atoms with van der Waals surface area (Å²) in [5.41, 5.74) is 0. The van der Waals surface area contributed by atoms with Crippen LogP contribution in [0.4, 0.5) is 0 Å². The van der Waals surface area contributed by atoms with E-state index in [-0.39, 0.29) is 0 Å². The second kappa shape index (κ2) is 8.89. The molecule has 3 heteroatoms. The van der Waals surface area contributed by atoms with Gasteiger partial charge in [-0.1, -0.05) is 20.8 Å². The van der Waals surface area contributed by atoms with Gasteiger partial charge in [-0.05, 0) is 45.7 Å². The molecule has 108 valence electrons. The molecule has 0 aromatic rings. The average molecular weight is 256 g/mol. The Kier molecular flexibility index (Phi) is 7.87. The van der Waals surface area contributed by atoms with Crippen molar-refractivity contribution in [2.75, 3.05) is 26.2 Å². The summed E-state index contributed by atoms with van der Waals surface area (Å²) >= 11 is 0. The maximum atomic E-state index is 6.13. The maximum Gasteiger partial charge on any atom is 0.0707 e. The molecule has 0 aromatic carbocycles. The van der Waals surface area contributed by atoms with Crippen molar-refractivity contribution in [2.45, 2.75) is 71.6 Å². The van der Waals surface area contributed by atoms with Crippen LogP contribution in [-0.2, 0) is 4.74 Å². The molecular weight excluding hydrogens is 224 g/mol. The van der Waals surface area contributed by atoms with E-state index in [1.165, 1.54) is 25.7 Å². The number of nitrogens with zero attached hydrogens (tertiary/aromatic N) is 1. The van der Waals surface area contributed by atoms with Gasteiger partial charge in [0.2, 0.25) is 0 Å².